The van der Waals surface area contributed by atoms with E-state index in [9.17, 15) is 14.7 Å². The molecule has 0 aromatic heterocycles. The third kappa shape index (κ3) is 9.10. The number of benzene rings is 3. The topological polar surface area (TPSA) is 91.3 Å². The molecular formula is C30H36O7. The van der Waals surface area contributed by atoms with Crippen molar-refractivity contribution in [3.8, 4) is 11.5 Å². The third-order valence-corrected chi connectivity index (χ3v) is 6.00. The molecule has 0 fully saturated rings. The van der Waals surface area contributed by atoms with Gasteiger partial charge in [0.15, 0.2) is 0 Å². The first kappa shape index (κ1) is 28.0. The zero-order chi connectivity index (χ0) is 26.5. The van der Waals surface area contributed by atoms with Gasteiger partial charge in [0.2, 0.25) is 6.29 Å². The molecule has 0 heterocycles. The lowest BCUT2D eigenvalue weighted by Crippen LogP contribution is -2.07. The van der Waals surface area contributed by atoms with Gasteiger partial charge in [-0.1, -0.05) is 50.8 Å². The van der Waals surface area contributed by atoms with Crippen molar-refractivity contribution in [2.75, 3.05) is 20.3 Å². The average molecular weight is 509 g/mol. The zero-order valence-corrected chi connectivity index (χ0v) is 21.6. The van der Waals surface area contributed by atoms with Crippen LogP contribution in [0.4, 0.5) is 0 Å². The maximum atomic E-state index is 11.5. The molecule has 0 aliphatic carbocycles. The summed E-state index contributed by atoms with van der Waals surface area (Å²) in [4.78, 5) is 22.6. The van der Waals surface area contributed by atoms with Crippen LogP contribution in [0.5, 0.6) is 11.5 Å². The molecule has 0 aliphatic rings. The molecule has 0 amide bonds. The van der Waals surface area contributed by atoms with E-state index in [2.05, 4.69) is 4.74 Å². The number of ether oxygens (including phenoxy) is 4. The van der Waals surface area contributed by atoms with E-state index in [4.69, 9.17) is 14.2 Å². The highest BCUT2D eigenvalue weighted by Gasteiger charge is 2.12. The first-order valence-electron chi connectivity index (χ1n) is 12.9. The number of aliphatic hydroxyl groups is 1. The van der Waals surface area contributed by atoms with E-state index in [1.165, 1.54) is 7.11 Å². The maximum absolute atomic E-state index is 11.5. The van der Waals surface area contributed by atoms with Crippen LogP contribution in [0.3, 0.4) is 0 Å². The second kappa shape index (κ2) is 14.9. The second-order valence-electron chi connectivity index (χ2n) is 8.80. The van der Waals surface area contributed by atoms with Crippen molar-refractivity contribution >= 4 is 22.7 Å². The van der Waals surface area contributed by atoms with Gasteiger partial charge in [-0.3, -0.25) is 4.79 Å². The number of esters is 2. The van der Waals surface area contributed by atoms with Crippen LogP contribution in [0, 0.1) is 0 Å². The van der Waals surface area contributed by atoms with Gasteiger partial charge in [-0.2, -0.15) is 0 Å². The largest absolute Gasteiger partial charge is 0.494 e. The average Bonchev–Trinajstić information content (AvgIpc) is 2.93. The molecule has 0 aliphatic heterocycles. The van der Waals surface area contributed by atoms with Gasteiger partial charge in [0.1, 0.15) is 11.5 Å². The van der Waals surface area contributed by atoms with Gasteiger partial charge in [-0.15, -0.1) is 0 Å². The summed E-state index contributed by atoms with van der Waals surface area (Å²) in [6.07, 6.45) is 5.67. The molecule has 198 valence electrons. The van der Waals surface area contributed by atoms with Gasteiger partial charge in [-0.05, 0) is 66.1 Å². The summed E-state index contributed by atoms with van der Waals surface area (Å²) in [5.41, 5.74) is 1.04. The van der Waals surface area contributed by atoms with Crippen LogP contribution < -0.4 is 9.47 Å². The Labute approximate surface area is 218 Å². The fourth-order valence-corrected chi connectivity index (χ4v) is 3.86. The lowest BCUT2D eigenvalue weighted by molar-refractivity contribution is -0.143. The number of rotatable bonds is 15. The molecule has 1 unspecified atom stereocenters. The number of methoxy groups -OCH3 is 1. The standard InChI is InChI=1S/C30H36O7/c1-3-28(31)36-19-9-7-5-4-6-8-18-35-27-17-14-23-20-25(11-10-24(23)21-27)30(33)37-26-15-12-22(13-16-26)29(32)34-2/h10-17,20-21,30,33H,3-9,18-19H2,1-2H3. The first-order chi connectivity index (χ1) is 18.0. The molecule has 1 N–H and O–H groups in total. The molecule has 0 radical (unpaired) electrons. The number of aliphatic hydroxyl groups excluding tert-OH is 1. The van der Waals surface area contributed by atoms with Crippen LogP contribution in [0.1, 0.15) is 74.1 Å². The molecule has 7 nitrogen and oxygen atoms in total. The number of carbonyl (C=O) groups excluding carboxylic acids is 2. The molecule has 1 atom stereocenters. The van der Waals surface area contributed by atoms with Gasteiger partial charge in [0.05, 0.1) is 25.9 Å². The predicted molar refractivity (Wildman–Crippen MR) is 142 cm³/mol. The number of unbranched alkanes of at least 4 members (excludes halogenated alkanes) is 5. The van der Waals surface area contributed by atoms with Crippen LogP contribution in [0.2, 0.25) is 0 Å². The van der Waals surface area contributed by atoms with Crippen LogP contribution in [-0.4, -0.2) is 37.4 Å². The van der Waals surface area contributed by atoms with E-state index < -0.39 is 12.3 Å². The Morgan fingerprint density at radius 2 is 1.41 bits per heavy atom. The smallest absolute Gasteiger partial charge is 0.337 e. The van der Waals surface area contributed by atoms with E-state index in [0.29, 0.717) is 36.5 Å². The van der Waals surface area contributed by atoms with Gasteiger partial charge in [0.25, 0.3) is 0 Å². The van der Waals surface area contributed by atoms with Crippen molar-refractivity contribution in [2.45, 2.75) is 58.2 Å². The van der Waals surface area contributed by atoms with Gasteiger partial charge < -0.3 is 24.1 Å². The highest BCUT2D eigenvalue weighted by Crippen LogP contribution is 2.26. The summed E-state index contributed by atoms with van der Waals surface area (Å²) < 4.78 is 21.3. The van der Waals surface area contributed by atoms with Crippen LogP contribution in [0.15, 0.2) is 60.7 Å². The van der Waals surface area contributed by atoms with E-state index >= 15 is 0 Å². The van der Waals surface area contributed by atoms with E-state index in [1.54, 1.807) is 31.2 Å². The normalized spacial score (nSPS) is 11.6. The van der Waals surface area contributed by atoms with E-state index in [1.807, 2.05) is 36.4 Å². The number of carbonyl (C=O) groups is 2. The summed E-state index contributed by atoms with van der Waals surface area (Å²) in [6.45, 7) is 3.00. The lowest BCUT2D eigenvalue weighted by atomic mass is 10.1. The van der Waals surface area contributed by atoms with Gasteiger partial charge in [-0.25, -0.2) is 4.79 Å². The molecule has 3 rings (SSSR count). The minimum absolute atomic E-state index is 0.126. The highest BCUT2D eigenvalue weighted by atomic mass is 16.6. The molecule has 0 spiro atoms. The Morgan fingerprint density at radius 3 is 2.11 bits per heavy atom. The fraction of sp³-hybridized carbons (Fsp3) is 0.400. The number of hydrogen-bond donors (Lipinski definition) is 1. The minimum atomic E-state index is -1.14. The Morgan fingerprint density at radius 1 is 0.784 bits per heavy atom. The molecule has 7 heteroatoms. The van der Waals surface area contributed by atoms with Crippen LogP contribution in [0.25, 0.3) is 10.8 Å². The summed E-state index contributed by atoms with van der Waals surface area (Å²) in [5, 5.41) is 12.5. The quantitative estimate of drug-likeness (QED) is 0.145. The molecule has 0 saturated heterocycles. The molecule has 3 aromatic rings. The van der Waals surface area contributed by atoms with Crippen LogP contribution >= 0.6 is 0 Å². The Balaban J connectivity index is 1.40. The monoisotopic (exact) mass is 508 g/mol. The summed E-state index contributed by atoms with van der Waals surface area (Å²) >= 11 is 0. The Hall–Kier alpha value is -3.58. The van der Waals surface area contributed by atoms with Gasteiger partial charge >= 0.3 is 11.9 Å². The van der Waals surface area contributed by atoms with E-state index in [-0.39, 0.29) is 5.97 Å². The summed E-state index contributed by atoms with van der Waals surface area (Å²) in [7, 11) is 1.33. The third-order valence-electron chi connectivity index (χ3n) is 6.00. The van der Waals surface area contributed by atoms with E-state index in [0.717, 1.165) is 55.0 Å². The zero-order valence-electron chi connectivity index (χ0n) is 21.6. The van der Waals surface area contributed by atoms with Crippen LogP contribution in [-0.2, 0) is 14.3 Å². The van der Waals surface area contributed by atoms with Crippen molar-refractivity contribution < 1.29 is 33.6 Å². The molecular weight excluding hydrogens is 472 g/mol. The number of fused-ring (bicyclic) bond motifs is 1. The Kier molecular flexibility index (Phi) is 11.2. The number of hydrogen-bond acceptors (Lipinski definition) is 7. The fourth-order valence-electron chi connectivity index (χ4n) is 3.86. The summed E-state index contributed by atoms with van der Waals surface area (Å²) in [6, 6.07) is 18.0. The highest BCUT2D eigenvalue weighted by molar-refractivity contribution is 5.89. The van der Waals surface area contributed by atoms with Gasteiger partial charge in [0, 0.05) is 12.0 Å². The predicted octanol–water partition coefficient (Wildman–Crippen LogP) is 6.37. The minimum Gasteiger partial charge on any atom is -0.494 e. The van der Waals surface area contributed by atoms with Crippen molar-refractivity contribution in [1.82, 2.24) is 0 Å². The molecule has 0 saturated carbocycles. The second-order valence-corrected chi connectivity index (χ2v) is 8.80. The lowest BCUT2D eigenvalue weighted by Gasteiger charge is -2.15. The molecule has 0 bridgehead atoms. The van der Waals surface area contributed by atoms with Crippen molar-refractivity contribution in [3.63, 3.8) is 0 Å². The van der Waals surface area contributed by atoms with Crippen molar-refractivity contribution in [2.24, 2.45) is 0 Å². The van der Waals surface area contributed by atoms with Crippen molar-refractivity contribution in [3.05, 3.63) is 71.8 Å². The molecule has 37 heavy (non-hydrogen) atoms. The Bertz CT molecular complexity index is 1140. The molecule has 3 aromatic carbocycles. The van der Waals surface area contributed by atoms with Crippen molar-refractivity contribution in [1.29, 1.82) is 0 Å². The SMILES string of the molecule is CCC(=O)OCCCCCCCCOc1ccc2cc(C(O)Oc3ccc(C(=O)OC)cc3)ccc2c1. The summed E-state index contributed by atoms with van der Waals surface area (Å²) in [5.74, 6) is 0.713. The maximum Gasteiger partial charge on any atom is 0.337 e. The first-order valence-corrected chi connectivity index (χ1v) is 12.9.